The molecule has 2 aromatic rings. The smallest absolute Gasteiger partial charge is 0.269 e. The maximum absolute atomic E-state index is 10.5. The van der Waals surface area contributed by atoms with Crippen molar-refractivity contribution in [1.82, 2.24) is 9.55 Å². The molecule has 0 fully saturated rings. The maximum atomic E-state index is 10.5. The fraction of sp³-hybridized carbons (Fsp3) is 0.400. The second-order valence-corrected chi connectivity index (χ2v) is 4.83. The van der Waals surface area contributed by atoms with Crippen molar-refractivity contribution in [3.8, 4) is 5.75 Å². The number of aromatic nitrogens is 2. The van der Waals surface area contributed by atoms with Gasteiger partial charge in [-0.05, 0) is 38.3 Å². The predicted octanol–water partition coefficient (Wildman–Crippen LogP) is 3.35. The van der Waals surface area contributed by atoms with Crippen molar-refractivity contribution in [3.05, 3.63) is 52.6 Å². The van der Waals surface area contributed by atoms with E-state index in [-0.39, 0.29) is 5.69 Å². The molecule has 1 heterocycles. The molecule has 6 heteroatoms. The van der Waals surface area contributed by atoms with Crippen LogP contribution in [0.3, 0.4) is 0 Å². The molecule has 1 aromatic heterocycles. The quantitative estimate of drug-likeness (QED) is 0.424. The number of ether oxygens (including phenoxy) is 1. The lowest BCUT2D eigenvalue weighted by Crippen LogP contribution is -2.01. The number of nitrogens with zero attached hydrogens (tertiary/aromatic N) is 3. The van der Waals surface area contributed by atoms with Crippen LogP contribution in [0.4, 0.5) is 5.69 Å². The second-order valence-electron chi connectivity index (χ2n) is 4.83. The normalized spacial score (nSPS) is 10.5. The number of rotatable bonds is 8. The van der Waals surface area contributed by atoms with E-state index in [4.69, 9.17) is 4.74 Å². The van der Waals surface area contributed by atoms with Gasteiger partial charge in [-0.2, -0.15) is 0 Å². The minimum absolute atomic E-state index is 0.0815. The second kappa shape index (κ2) is 7.42. The predicted molar refractivity (Wildman–Crippen MR) is 79.4 cm³/mol. The molecule has 0 aliphatic heterocycles. The van der Waals surface area contributed by atoms with E-state index in [1.54, 1.807) is 12.1 Å². The molecule has 0 saturated heterocycles. The van der Waals surface area contributed by atoms with Crippen LogP contribution in [0.15, 0.2) is 36.7 Å². The molecule has 0 atom stereocenters. The van der Waals surface area contributed by atoms with Crippen LogP contribution in [-0.2, 0) is 6.54 Å². The van der Waals surface area contributed by atoms with Gasteiger partial charge in [0, 0.05) is 31.1 Å². The first-order valence-corrected chi connectivity index (χ1v) is 7.02. The third-order valence-electron chi connectivity index (χ3n) is 3.28. The summed E-state index contributed by atoms with van der Waals surface area (Å²) in [7, 11) is 0. The zero-order chi connectivity index (χ0) is 15.1. The van der Waals surface area contributed by atoms with Gasteiger partial charge in [-0.3, -0.25) is 10.1 Å². The zero-order valence-electron chi connectivity index (χ0n) is 12.1. The number of imidazole rings is 1. The Morgan fingerprint density at radius 1 is 1.24 bits per heavy atom. The summed E-state index contributed by atoms with van der Waals surface area (Å²) in [5.41, 5.74) is 0.0815. The van der Waals surface area contributed by atoms with Crippen LogP contribution in [0.1, 0.15) is 25.1 Å². The van der Waals surface area contributed by atoms with E-state index >= 15 is 0 Å². The lowest BCUT2D eigenvalue weighted by atomic mass is 10.2. The average Bonchev–Trinajstić information content (AvgIpc) is 2.88. The van der Waals surface area contributed by atoms with Crippen molar-refractivity contribution in [3.63, 3.8) is 0 Å². The molecule has 0 N–H and O–H groups in total. The molecular weight excluding hydrogens is 270 g/mol. The monoisotopic (exact) mass is 289 g/mol. The number of nitro benzene ring substituents is 1. The van der Waals surface area contributed by atoms with Crippen molar-refractivity contribution in [1.29, 1.82) is 0 Å². The Labute approximate surface area is 123 Å². The first-order valence-electron chi connectivity index (χ1n) is 7.02. The summed E-state index contributed by atoms with van der Waals surface area (Å²) in [6.45, 7) is 3.60. The summed E-state index contributed by atoms with van der Waals surface area (Å²) in [6, 6.07) is 6.17. The van der Waals surface area contributed by atoms with E-state index in [1.807, 2.05) is 19.3 Å². The van der Waals surface area contributed by atoms with Gasteiger partial charge in [0.05, 0.1) is 11.5 Å². The van der Waals surface area contributed by atoms with E-state index in [9.17, 15) is 10.1 Å². The molecule has 0 aliphatic rings. The van der Waals surface area contributed by atoms with E-state index in [0.717, 1.165) is 31.6 Å². The topological polar surface area (TPSA) is 70.2 Å². The third kappa shape index (κ3) is 4.59. The number of unbranched alkanes of at least 4 members (excludes halogenated alkanes) is 2. The summed E-state index contributed by atoms with van der Waals surface area (Å²) in [4.78, 5) is 14.3. The lowest BCUT2D eigenvalue weighted by Gasteiger charge is -2.07. The van der Waals surface area contributed by atoms with Crippen LogP contribution in [0.25, 0.3) is 0 Å². The van der Waals surface area contributed by atoms with Crippen LogP contribution in [-0.4, -0.2) is 21.1 Å². The average molecular weight is 289 g/mol. The molecule has 0 unspecified atom stereocenters. The SMILES string of the molecule is Cc1nccn1CCCCCOc1ccc([N+](=O)[O-])cc1. The van der Waals surface area contributed by atoms with Gasteiger partial charge in [-0.1, -0.05) is 0 Å². The standard InChI is InChI=1S/C15H19N3O3/c1-13-16-9-11-17(13)10-3-2-4-12-21-15-7-5-14(6-8-15)18(19)20/h5-9,11H,2-4,10,12H2,1H3. The van der Waals surface area contributed by atoms with Gasteiger partial charge in [0.25, 0.3) is 5.69 Å². The zero-order valence-corrected chi connectivity index (χ0v) is 12.1. The van der Waals surface area contributed by atoms with Gasteiger partial charge in [-0.25, -0.2) is 4.98 Å². The van der Waals surface area contributed by atoms with Crippen molar-refractivity contribution in [2.24, 2.45) is 0 Å². The number of non-ortho nitro benzene ring substituents is 1. The van der Waals surface area contributed by atoms with Crippen molar-refractivity contribution in [2.75, 3.05) is 6.61 Å². The Morgan fingerprint density at radius 2 is 2.00 bits per heavy atom. The Bertz CT molecular complexity index is 578. The van der Waals surface area contributed by atoms with E-state index in [0.29, 0.717) is 12.4 Å². The van der Waals surface area contributed by atoms with Crippen molar-refractivity contribution < 1.29 is 9.66 Å². The molecule has 1 aromatic carbocycles. The molecule has 0 bridgehead atoms. The molecule has 6 nitrogen and oxygen atoms in total. The molecule has 0 amide bonds. The Hall–Kier alpha value is -2.37. The highest BCUT2D eigenvalue weighted by molar-refractivity contribution is 5.35. The fourth-order valence-corrected chi connectivity index (χ4v) is 2.06. The Kier molecular flexibility index (Phi) is 5.31. The number of hydrogen-bond donors (Lipinski definition) is 0. The summed E-state index contributed by atoms with van der Waals surface area (Å²) >= 11 is 0. The molecule has 2 rings (SSSR count). The molecule has 0 saturated carbocycles. The van der Waals surface area contributed by atoms with Gasteiger partial charge in [0.1, 0.15) is 11.6 Å². The fourth-order valence-electron chi connectivity index (χ4n) is 2.06. The minimum Gasteiger partial charge on any atom is -0.494 e. The first kappa shape index (κ1) is 15.0. The largest absolute Gasteiger partial charge is 0.494 e. The van der Waals surface area contributed by atoms with Crippen molar-refractivity contribution in [2.45, 2.75) is 32.7 Å². The van der Waals surface area contributed by atoms with Crippen LogP contribution < -0.4 is 4.74 Å². The van der Waals surface area contributed by atoms with Gasteiger partial charge in [0.2, 0.25) is 0 Å². The minimum atomic E-state index is -0.415. The van der Waals surface area contributed by atoms with Crippen LogP contribution in [0, 0.1) is 17.0 Å². The van der Waals surface area contributed by atoms with Crippen molar-refractivity contribution >= 4 is 5.69 Å². The van der Waals surface area contributed by atoms with Gasteiger partial charge in [-0.15, -0.1) is 0 Å². The van der Waals surface area contributed by atoms with E-state index in [1.165, 1.54) is 12.1 Å². The Balaban J connectivity index is 1.61. The summed E-state index contributed by atoms with van der Waals surface area (Å²) in [5.74, 6) is 1.71. The van der Waals surface area contributed by atoms with Crippen LogP contribution >= 0.6 is 0 Å². The van der Waals surface area contributed by atoms with E-state index in [2.05, 4.69) is 9.55 Å². The van der Waals surface area contributed by atoms with Gasteiger partial charge in [0.15, 0.2) is 0 Å². The molecule has 0 spiro atoms. The van der Waals surface area contributed by atoms with E-state index < -0.39 is 4.92 Å². The van der Waals surface area contributed by atoms with Gasteiger partial charge >= 0.3 is 0 Å². The highest BCUT2D eigenvalue weighted by Gasteiger charge is 2.04. The molecule has 0 radical (unpaired) electrons. The number of benzene rings is 1. The molecule has 112 valence electrons. The summed E-state index contributed by atoms with van der Waals surface area (Å²) < 4.78 is 7.70. The highest BCUT2D eigenvalue weighted by Crippen LogP contribution is 2.17. The first-order chi connectivity index (χ1) is 10.2. The number of hydrogen-bond acceptors (Lipinski definition) is 4. The third-order valence-corrected chi connectivity index (χ3v) is 3.28. The number of aryl methyl sites for hydroxylation is 2. The van der Waals surface area contributed by atoms with Gasteiger partial charge < -0.3 is 9.30 Å². The molecule has 0 aliphatic carbocycles. The maximum Gasteiger partial charge on any atom is 0.269 e. The molecule has 21 heavy (non-hydrogen) atoms. The van der Waals surface area contributed by atoms with Crippen LogP contribution in [0.2, 0.25) is 0 Å². The Morgan fingerprint density at radius 3 is 2.62 bits per heavy atom. The molecular formula is C15H19N3O3. The van der Waals surface area contributed by atoms with Crippen LogP contribution in [0.5, 0.6) is 5.75 Å². The lowest BCUT2D eigenvalue weighted by molar-refractivity contribution is -0.384. The summed E-state index contributed by atoms with van der Waals surface area (Å²) in [6.07, 6.45) is 6.92. The highest BCUT2D eigenvalue weighted by atomic mass is 16.6. The summed E-state index contributed by atoms with van der Waals surface area (Å²) in [5, 5.41) is 10.5. The number of nitro groups is 1.